The van der Waals surface area contributed by atoms with Gasteiger partial charge in [-0.3, -0.25) is 9.59 Å². The van der Waals surface area contributed by atoms with E-state index in [0.717, 1.165) is 24.8 Å². The van der Waals surface area contributed by atoms with E-state index >= 15 is 0 Å². The van der Waals surface area contributed by atoms with E-state index in [0.29, 0.717) is 11.8 Å². The normalized spacial score (nSPS) is 33.1. The summed E-state index contributed by atoms with van der Waals surface area (Å²) in [4.78, 5) is 23.6. The molecule has 2 fully saturated rings. The molecule has 0 aromatic rings. The molecule has 0 aromatic heterocycles. The van der Waals surface area contributed by atoms with E-state index in [1.54, 1.807) is 6.08 Å². The number of carbonyl (C=O) groups excluding carboxylic acids is 2. The van der Waals surface area contributed by atoms with Gasteiger partial charge in [0.2, 0.25) is 5.91 Å². The van der Waals surface area contributed by atoms with Gasteiger partial charge in [-0.2, -0.15) is 0 Å². The number of rotatable bonds is 3. The molecule has 2 saturated carbocycles. The molecule has 1 N–H and O–H groups in total. The van der Waals surface area contributed by atoms with E-state index in [1.165, 1.54) is 7.11 Å². The second-order valence-corrected chi connectivity index (χ2v) is 5.64. The molecule has 0 heterocycles. The number of esters is 1. The van der Waals surface area contributed by atoms with Gasteiger partial charge >= 0.3 is 5.97 Å². The first-order valence-corrected chi connectivity index (χ1v) is 6.56. The number of hydrogen-bond acceptors (Lipinski definition) is 3. The zero-order valence-electron chi connectivity index (χ0n) is 11.2. The number of ether oxygens (including phenoxy) is 1. The van der Waals surface area contributed by atoms with Crippen molar-refractivity contribution in [1.29, 1.82) is 0 Å². The molecule has 0 unspecified atom stereocenters. The highest BCUT2D eigenvalue weighted by molar-refractivity contribution is 5.89. The van der Waals surface area contributed by atoms with Gasteiger partial charge < -0.3 is 10.1 Å². The molecule has 0 spiro atoms. The SMILES string of the molecule is COC(=O)[C@H]1[C@H]2CC[C@@H](C2)[C@@H]1NC(=O)C=C(C)C. The largest absolute Gasteiger partial charge is 0.469 e. The summed E-state index contributed by atoms with van der Waals surface area (Å²) in [6, 6.07) is -0.0423. The third-order valence-electron chi connectivity index (χ3n) is 4.12. The van der Waals surface area contributed by atoms with Crippen LogP contribution in [0, 0.1) is 17.8 Å². The minimum absolute atomic E-state index is 0.0423. The summed E-state index contributed by atoms with van der Waals surface area (Å²) in [5.74, 6) is 0.405. The van der Waals surface area contributed by atoms with Gasteiger partial charge in [-0.05, 0) is 44.9 Å². The number of nitrogens with one attached hydrogen (secondary N) is 1. The Labute approximate surface area is 108 Å². The average Bonchev–Trinajstić information content (AvgIpc) is 2.87. The van der Waals surface area contributed by atoms with Gasteiger partial charge in [0.25, 0.3) is 0 Å². The minimum atomic E-state index is -0.176. The van der Waals surface area contributed by atoms with Crippen LogP contribution >= 0.6 is 0 Å². The topological polar surface area (TPSA) is 55.4 Å². The third-order valence-corrected chi connectivity index (χ3v) is 4.12. The second-order valence-electron chi connectivity index (χ2n) is 5.64. The number of hydrogen-bond donors (Lipinski definition) is 1. The molecule has 0 aromatic carbocycles. The van der Waals surface area contributed by atoms with Gasteiger partial charge in [0.1, 0.15) is 0 Å². The molecule has 0 saturated heterocycles. The Kier molecular flexibility index (Phi) is 3.73. The van der Waals surface area contributed by atoms with Crippen molar-refractivity contribution in [3.63, 3.8) is 0 Å². The van der Waals surface area contributed by atoms with Crippen molar-refractivity contribution in [2.75, 3.05) is 7.11 Å². The van der Waals surface area contributed by atoms with Gasteiger partial charge in [0, 0.05) is 12.1 Å². The average molecular weight is 251 g/mol. The maximum atomic E-state index is 11.8. The van der Waals surface area contributed by atoms with Crippen LogP contribution in [0.4, 0.5) is 0 Å². The number of fused-ring (bicyclic) bond motifs is 2. The van der Waals surface area contributed by atoms with E-state index in [4.69, 9.17) is 4.74 Å². The monoisotopic (exact) mass is 251 g/mol. The van der Waals surface area contributed by atoms with Crippen LogP contribution in [0.1, 0.15) is 33.1 Å². The Morgan fingerprint density at radius 3 is 2.50 bits per heavy atom. The Balaban J connectivity index is 2.08. The van der Waals surface area contributed by atoms with E-state index in [-0.39, 0.29) is 23.8 Å². The molecule has 1 amide bonds. The van der Waals surface area contributed by atoms with Crippen molar-refractivity contribution in [2.24, 2.45) is 17.8 Å². The van der Waals surface area contributed by atoms with Gasteiger partial charge in [0.05, 0.1) is 13.0 Å². The summed E-state index contributed by atoms with van der Waals surface area (Å²) >= 11 is 0. The standard InChI is InChI=1S/C14H21NO3/c1-8(2)6-11(16)15-13-10-5-4-9(7-10)12(13)14(17)18-3/h6,9-10,12-13H,4-5,7H2,1-3H3,(H,15,16)/t9-,10-,12-,13-/m0/s1. The smallest absolute Gasteiger partial charge is 0.311 e. The van der Waals surface area contributed by atoms with Crippen LogP contribution in [-0.4, -0.2) is 25.0 Å². The number of amides is 1. The Bertz CT molecular complexity index is 385. The van der Waals surface area contributed by atoms with Crippen LogP contribution in [0.15, 0.2) is 11.6 Å². The molecule has 2 aliphatic rings. The molecule has 4 nitrogen and oxygen atoms in total. The Morgan fingerprint density at radius 1 is 1.22 bits per heavy atom. The lowest BCUT2D eigenvalue weighted by atomic mass is 9.84. The van der Waals surface area contributed by atoms with Gasteiger partial charge in [-0.1, -0.05) is 5.57 Å². The Morgan fingerprint density at radius 2 is 1.89 bits per heavy atom. The molecular weight excluding hydrogens is 230 g/mol. The van der Waals surface area contributed by atoms with Crippen LogP contribution in [0.3, 0.4) is 0 Å². The lowest BCUT2D eigenvalue weighted by molar-refractivity contribution is -0.148. The Hall–Kier alpha value is -1.32. The van der Waals surface area contributed by atoms with Crippen LogP contribution in [0.5, 0.6) is 0 Å². The number of carbonyl (C=O) groups is 2. The molecule has 2 bridgehead atoms. The molecule has 0 radical (unpaired) electrons. The number of methoxy groups -OCH3 is 1. The van der Waals surface area contributed by atoms with Crippen LogP contribution in [-0.2, 0) is 14.3 Å². The third kappa shape index (κ3) is 2.42. The highest BCUT2D eigenvalue weighted by atomic mass is 16.5. The maximum Gasteiger partial charge on any atom is 0.311 e. The molecule has 4 heteroatoms. The van der Waals surface area contributed by atoms with Gasteiger partial charge in [0.15, 0.2) is 0 Å². The molecule has 100 valence electrons. The summed E-state index contributed by atoms with van der Waals surface area (Å²) in [5.41, 5.74) is 0.963. The van der Waals surface area contributed by atoms with Crippen molar-refractivity contribution in [3.05, 3.63) is 11.6 Å². The first-order valence-electron chi connectivity index (χ1n) is 6.56. The molecule has 18 heavy (non-hydrogen) atoms. The second kappa shape index (κ2) is 5.12. The first-order chi connectivity index (χ1) is 8.52. The van der Waals surface area contributed by atoms with Gasteiger partial charge in [-0.15, -0.1) is 0 Å². The van der Waals surface area contributed by atoms with E-state index in [9.17, 15) is 9.59 Å². The van der Waals surface area contributed by atoms with Crippen LogP contribution < -0.4 is 5.32 Å². The highest BCUT2D eigenvalue weighted by Gasteiger charge is 2.51. The number of allylic oxidation sites excluding steroid dienone is 1. The van der Waals surface area contributed by atoms with Crippen LogP contribution in [0.25, 0.3) is 0 Å². The van der Waals surface area contributed by atoms with E-state index < -0.39 is 0 Å². The van der Waals surface area contributed by atoms with Gasteiger partial charge in [-0.25, -0.2) is 0 Å². The zero-order chi connectivity index (χ0) is 13.3. The van der Waals surface area contributed by atoms with Crippen molar-refractivity contribution in [1.82, 2.24) is 5.32 Å². The molecule has 4 atom stereocenters. The fourth-order valence-corrected chi connectivity index (χ4v) is 3.44. The summed E-state index contributed by atoms with van der Waals surface area (Å²) in [7, 11) is 1.42. The van der Waals surface area contributed by atoms with Crippen molar-refractivity contribution in [2.45, 2.75) is 39.2 Å². The van der Waals surface area contributed by atoms with Crippen molar-refractivity contribution < 1.29 is 14.3 Å². The first kappa shape index (κ1) is 13.1. The zero-order valence-corrected chi connectivity index (χ0v) is 11.2. The summed E-state index contributed by atoms with van der Waals surface area (Å²) < 4.78 is 4.87. The molecular formula is C14H21NO3. The predicted octanol–water partition coefficient (Wildman–Crippen LogP) is 1.66. The molecule has 2 aliphatic carbocycles. The lowest BCUT2D eigenvalue weighted by Gasteiger charge is -2.29. The van der Waals surface area contributed by atoms with Crippen molar-refractivity contribution in [3.8, 4) is 0 Å². The van der Waals surface area contributed by atoms with E-state index in [1.807, 2.05) is 13.8 Å². The summed E-state index contributed by atoms with van der Waals surface area (Å²) in [6.45, 7) is 3.77. The van der Waals surface area contributed by atoms with Crippen molar-refractivity contribution >= 4 is 11.9 Å². The highest BCUT2D eigenvalue weighted by Crippen LogP contribution is 2.48. The summed E-state index contributed by atoms with van der Waals surface area (Å²) in [6.07, 6.45) is 4.82. The molecule has 2 rings (SSSR count). The van der Waals surface area contributed by atoms with E-state index in [2.05, 4.69) is 5.32 Å². The summed E-state index contributed by atoms with van der Waals surface area (Å²) in [5, 5.41) is 2.99. The molecule has 0 aliphatic heterocycles. The quantitative estimate of drug-likeness (QED) is 0.613. The predicted molar refractivity (Wildman–Crippen MR) is 67.7 cm³/mol. The fraction of sp³-hybridized carbons (Fsp3) is 0.714. The fourth-order valence-electron chi connectivity index (χ4n) is 3.44. The van der Waals surface area contributed by atoms with Crippen LogP contribution in [0.2, 0.25) is 0 Å². The maximum absolute atomic E-state index is 11.8. The lowest BCUT2D eigenvalue weighted by Crippen LogP contribution is -2.46. The minimum Gasteiger partial charge on any atom is -0.469 e.